The molecule has 1 saturated heterocycles. The van der Waals surface area contributed by atoms with E-state index in [-0.39, 0.29) is 0 Å². The standard InChI is InChI=1S/C8H14O2.C4H8O/c1-3-4-5-6-7(2)8(9)10;1-2-4-5-3-1/h6H,3-5H2,1-2H3,(H,9,10);1-4H2. The van der Waals surface area contributed by atoms with Crippen LogP contribution in [0.2, 0.25) is 0 Å². The topological polar surface area (TPSA) is 46.5 Å². The molecule has 3 heteroatoms. The van der Waals surface area contributed by atoms with E-state index in [0.717, 1.165) is 32.5 Å². The van der Waals surface area contributed by atoms with Crippen LogP contribution in [0.4, 0.5) is 0 Å². The molecule has 0 aromatic rings. The molecular weight excluding hydrogens is 192 g/mol. The van der Waals surface area contributed by atoms with Crippen LogP contribution in [0.25, 0.3) is 0 Å². The molecule has 15 heavy (non-hydrogen) atoms. The van der Waals surface area contributed by atoms with Crippen molar-refractivity contribution in [1.82, 2.24) is 0 Å². The van der Waals surface area contributed by atoms with Gasteiger partial charge >= 0.3 is 5.97 Å². The van der Waals surface area contributed by atoms with Gasteiger partial charge in [-0.2, -0.15) is 0 Å². The minimum Gasteiger partial charge on any atom is -0.478 e. The van der Waals surface area contributed by atoms with Gasteiger partial charge in [0, 0.05) is 18.8 Å². The van der Waals surface area contributed by atoms with Crippen LogP contribution in [0, 0.1) is 0 Å². The second-order valence-corrected chi connectivity index (χ2v) is 3.65. The number of carboxylic acid groups (broad SMARTS) is 1. The van der Waals surface area contributed by atoms with Gasteiger partial charge in [0.15, 0.2) is 0 Å². The molecule has 1 N–H and O–H groups in total. The van der Waals surface area contributed by atoms with Crippen molar-refractivity contribution in [2.75, 3.05) is 13.2 Å². The fraction of sp³-hybridized carbons (Fsp3) is 0.750. The SMILES string of the molecule is C1CCOC1.CCCCC=C(C)C(=O)O. The Kier molecular flexibility index (Phi) is 9.18. The number of ether oxygens (including phenoxy) is 1. The second kappa shape index (κ2) is 9.71. The Hall–Kier alpha value is -0.830. The molecule has 0 atom stereocenters. The zero-order valence-electron chi connectivity index (χ0n) is 9.79. The summed E-state index contributed by atoms with van der Waals surface area (Å²) in [6.07, 6.45) is 7.40. The minimum absolute atomic E-state index is 0.452. The van der Waals surface area contributed by atoms with Gasteiger partial charge in [-0.25, -0.2) is 4.79 Å². The number of carbonyl (C=O) groups is 1. The molecule has 0 aliphatic carbocycles. The van der Waals surface area contributed by atoms with Crippen molar-refractivity contribution >= 4 is 5.97 Å². The van der Waals surface area contributed by atoms with E-state index in [1.54, 1.807) is 13.0 Å². The number of hydrogen-bond donors (Lipinski definition) is 1. The van der Waals surface area contributed by atoms with Crippen LogP contribution in [-0.2, 0) is 9.53 Å². The predicted octanol–water partition coefficient (Wildman–Crippen LogP) is 3.00. The van der Waals surface area contributed by atoms with Crippen LogP contribution in [0.5, 0.6) is 0 Å². The van der Waals surface area contributed by atoms with Crippen molar-refractivity contribution in [3.05, 3.63) is 11.6 Å². The molecule has 0 bridgehead atoms. The average molecular weight is 214 g/mol. The van der Waals surface area contributed by atoms with Gasteiger partial charge in [-0.05, 0) is 26.2 Å². The third kappa shape index (κ3) is 9.47. The third-order valence-electron chi connectivity index (χ3n) is 2.17. The Balaban J connectivity index is 0.000000322. The van der Waals surface area contributed by atoms with Crippen molar-refractivity contribution in [2.45, 2.75) is 46.0 Å². The molecule has 88 valence electrons. The predicted molar refractivity (Wildman–Crippen MR) is 61.0 cm³/mol. The summed E-state index contributed by atoms with van der Waals surface area (Å²) in [5.74, 6) is -0.809. The first-order chi connectivity index (χ1) is 7.18. The lowest BCUT2D eigenvalue weighted by molar-refractivity contribution is -0.132. The highest BCUT2D eigenvalue weighted by atomic mass is 16.5. The fourth-order valence-corrected chi connectivity index (χ4v) is 1.12. The lowest BCUT2D eigenvalue weighted by atomic mass is 10.2. The van der Waals surface area contributed by atoms with E-state index >= 15 is 0 Å². The van der Waals surface area contributed by atoms with Crippen LogP contribution in [0.3, 0.4) is 0 Å². The van der Waals surface area contributed by atoms with E-state index in [4.69, 9.17) is 9.84 Å². The summed E-state index contributed by atoms with van der Waals surface area (Å²) in [5, 5.41) is 8.41. The molecule has 0 spiro atoms. The number of unbranched alkanes of at least 4 members (excludes halogenated alkanes) is 2. The zero-order chi connectivity index (χ0) is 11.5. The fourth-order valence-electron chi connectivity index (χ4n) is 1.12. The van der Waals surface area contributed by atoms with Crippen LogP contribution in [0.1, 0.15) is 46.0 Å². The maximum Gasteiger partial charge on any atom is 0.330 e. The molecular formula is C12H22O3. The highest BCUT2D eigenvalue weighted by Crippen LogP contribution is 2.00. The molecule has 1 aliphatic rings. The average Bonchev–Trinajstić information content (AvgIpc) is 2.75. The second-order valence-electron chi connectivity index (χ2n) is 3.65. The summed E-state index contributed by atoms with van der Waals surface area (Å²) in [5.41, 5.74) is 0.452. The lowest BCUT2D eigenvalue weighted by Crippen LogP contribution is -1.95. The molecule has 0 amide bonds. The zero-order valence-corrected chi connectivity index (χ0v) is 9.79. The molecule has 0 aromatic heterocycles. The summed E-state index contributed by atoms with van der Waals surface area (Å²) in [4.78, 5) is 10.2. The molecule has 1 heterocycles. The summed E-state index contributed by atoms with van der Waals surface area (Å²) in [7, 11) is 0. The summed E-state index contributed by atoms with van der Waals surface area (Å²) in [6, 6.07) is 0. The van der Waals surface area contributed by atoms with Gasteiger partial charge in [-0.3, -0.25) is 0 Å². The number of aliphatic carboxylic acids is 1. The Morgan fingerprint density at radius 1 is 1.40 bits per heavy atom. The highest BCUT2D eigenvalue weighted by molar-refractivity contribution is 5.85. The molecule has 3 nitrogen and oxygen atoms in total. The molecule has 1 fully saturated rings. The maximum atomic E-state index is 10.2. The van der Waals surface area contributed by atoms with E-state index in [1.165, 1.54) is 12.8 Å². The van der Waals surface area contributed by atoms with Crippen LogP contribution in [-0.4, -0.2) is 24.3 Å². The van der Waals surface area contributed by atoms with Gasteiger partial charge in [0.25, 0.3) is 0 Å². The van der Waals surface area contributed by atoms with Crippen LogP contribution >= 0.6 is 0 Å². The van der Waals surface area contributed by atoms with E-state index in [1.807, 2.05) is 0 Å². The van der Waals surface area contributed by atoms with Crippen molar-refractivity contribution in [3.8, 4) is 0 Å². The summed E-state index contributed by atoms with van der Waals surface area (Å²) in [6.45, 7) is 5.71. The van der Waals surface area contributed by atoms with E-state index in [9.17, 15) is 4.79 Å². The summed E-state index contributed by atoms with van der Waals surface area (Å²) >= 11 is 0. The maximum absolute atomic E-state index is 10.2. The largest absolute Gasteiger partial charge is 0.478 e. The van der Waals surface area contributed by atoms with Crippen molar-refractivity contribution in [2.24, 2.45) is 0 Å². The number of rotatable bonds is 4. The van der Waals surface area contributed by atoms with Gasteiger partial charge in [0.1, 0.15) is 0 Å². The first-order valence-electron chi connectivity index (χ1n) is 5.66. The van der Waals surface area contributed by atoms with E-state index in [2.05, 4.69) is 6.92 Å². The van der Waals surface area contributed by atoms with Crippen LogP contribution in [0.15, 0.2) is 11.6 Å². The van der Waals surface area contributed by atoms with Gasteiger partial charge in [-0.1, -0.05) is 25.8 Å². The molecule has 0 unspecified atom stereocenters. The smallest absolute Gasteiger partial charge is 0.330 e. The minimum atomic E-state index is -0.809. The van der Waals surface area contributed by atoms with E-state index in [0.29, 0.717) is 5.57 Å². The van der Waals surface area contributed by atoms with Gasteiger partial charge in [0.05, 0.1) is 0 Å². The molecule has 1 rings (SSSR count). The Morgan fingerprint density at radius 2 is 2.00 bits per heavy atom. The normalized spacial score (nSPS) is 15.7. The first kappa shape index (κ1) is 14.2. The van der Waals surface area contributed by atoms with E-state index < -0.39 is 5.97 Å². The Morgan fingerprint density at radius 3 is 2.33 bits per heavy atom. The van der Waals surface area contributed by atoms with Crippen LogP contribution < -0.4 is 0 Å². The van der Waals surface area contributed by atoms with Gasteiger partial charge in [0.2, 0.25) is 0 Å². The molecule has 0 aromatic carbocycles. The third-order valence-corrected chi connectivity index (χ3v) is 2.17. The molecule has 1 aliphatic heterocycles. The first-order valence-corrected chi connectivity index (χ1v) is 5.66. The highest BCUT2D eigenvalue weighted by Gasteiger charge is 1.96. The van der Waals surface area contributed by atoms with Crippen molar-refractivity contribution < 1.29 is 14.6 Å². The number of carboxylic acids is 1. The summed E-state index contributed by atoms with van der Waals surface area (Å²) < 4.78 is 4.94. The number of allylic oxidation sites excluding steroid dienone is 1. The van der Waals surface area contributed by atoms with Gasteiger partial charge < -0.3 is 9.84 Å². The Bertz CT molecular complexity index is 185. The Labute approximate surface area is 92.1 Å². The van der Waals surface area contributed by atoms with Gasteiger partial charge in [-0.15, -0.1) is 0 Å². The molecule has 0 saturated carbocycles. The number of hydrogen-bond acceptors (Lipinski definition) is 2. The van der Waals surface area contributed by atoms with Crippen molar-refractivity contribution in [3.63, 3.8) is 0 Å². The molecule has 0 radical (unpaired) electrons. The monoisotopic (exact) mass is 214 g/mol. The lowest BCUT2D eigenvalue weighted by Gasteiger charge is -1.91. The quantitative estimate of drug-likeness (QED) is 0.578. The van der Waals surface area contributed by atoms with Crippen molar-refractivity contribution in [1.29, 1.82) is 0 Å².